The van der Waals surface area contributed by atoms with E-state index < -0.39 is 0 Å². The zero-order valence-electron chi connectivity index (χ0n) is 12.7. The molecule has 0 aliphatic rings. The molecule has 0 aromatic heterocycles. The summed E-state index contributed by atoms with van der Waals surface area (Å²) >= 11 is 0. The zero-order valence-corrected chi connectivity index (χ0v) is 12.7. The van der Waals surface area contributed by atoms with E-state index in [0.29, 0.717) is 11.8 Å². The molecule has 1 atom stereocenters. The monoisotopic (exact) mass is 285 g/mol. The van der Waals surface area contributed by atoms with Crippen LogP contribution in [-0.2, 0) is 13.0 Å². The molecule has 0 amide bonds. The second kappa shape index (κ2) is 7.70. The Kier molecular flexibility index (Phi) is 5.64. The van der Waals surface area contributed by atoms with Gasteiger partial charge in [-0.1, -0.05) is 36.4 Å². The van der Waals surface area contributed by atoms with E-state index in [1.165, 1.54) is 11.1 Å². The number of benzene rings is 2. The highest BCUT2D eigenvalue weighted by Crippen LogP contribution is 2.26. The van der Waals surface area contributed by atoms with Crippen molar-refractivity contribution in [3.63, 3.8) is 0 Å². The van der Waals surface area contributed by atoms with Crippen LogP contribution in [0.2, 0.25) is 0 Å². The fourth-order valence-corrected chi connectivity index (χ4v) is 2.25. The molecule has 0 saturated carbocycles. The molecule has 2 aromatic carbocycles. The predicted molar refractivity (Wildman–Crippen MR) is 85.7 cm³/mol. The molecular formula is C18H23NO2. The molecule has 0 saturated heterocycles. The van der Waals surface area contributed by atoms with Gasteiger partial charge in [-0.2, -0.15) is 0 Å². The number of nitrogens with one attached hydrogen (secondary N) is 1. The fraction of sp³-hybridized carbons (Fsp3) is 0.333. The third-order valence-corrected chi connectivity index (χ3v) is 3.61. The Hall–Kier alpha value is -2.00. The minimum atomic E-state index is 0.191. The Balaban J connectivity index is 1.79. The SMILES string of the molecule is COc1cc(CC[C@@H](C)NCc2ccccc2)ccc1O. The molecular weight excluding hydrogens is 262 g/mol. The number of hydrogen-bond donors (Lipinski definition) is 2. The third-order valence-electron chi connectivity index (χ3n) is 3.61. The highest BCUT2D eigenvalue weighted by atomic mass is 16.5. The summed E-state index contributed by atoms with van der Waals surface area (Å²) in [5.41, 5.74) is 2.48. The van der Waals surface area contributed by atoms with Crippen molar-refractivity contribution < 1.29 is 9.84 Å². The average molecular weight is 285 g/mol. The first-order chi connectivity index (χ1) is 10.2. The average Bonchev–Trinajstić information content (AvgIpc) is 2.53. The summed E-state index contributed by atoms with van der Waals surface area (Å²) in [5, 5.41) is 13.1. The summed E-state index contributed by atoms with van der Waals surface area (Å²) in [6.07, 6.45) is 2.00. The van der Waals surface area contributed by atoms with Gasteiger partial charge in [-0.3, -0.25) is 0 Å². The van der Waals surface area contributed by atoms with Gasteiger partial charge >= 0.3 is 0 Å². The second-order valence-electron chi connectivity index (χ2n) is 5.31. The van der Waals surface area contributed by atoms with Gasteiger partial charge in [-0.15, -0.1) is 0 Å². The van der Waals surface area contributed by atoms with Crippen molar-refractivity contribution >= 4 is 0 Å². The lowest BCUT2D eigenvalue weighted by atomic mass is 10.1. The van der Waals surface area contributed by atoms with Crippen LogP contribution in [0.25, 0.3) is 0 Å². The van der Waals surface area contributed by atoms with Crippen molar-refractivity contribution in [1.29, 1.82) is 0 Å². The molecule has 0 heterocycles. The van der Waals surface area contributed by atoms with E-state index in [-0.39, 0.29) is 5.75 Å². The van der Waals surface area contributed by atoms with Crippen molar-refractivity contribution in [3.05, 3.63) is 59.7 Å². The van der Waals surface area contributed by atoms with Crippen molar-refractivity contribution in [1.82, 2.24) is 5.32 Å². The molecule has 2 N–H and O–H groups in total. The Labute approximate surface area is 126 Å². The van der Waals surface area contributed by atoms with Gasteiger partial charge in [0, 0.05) is 12.6 Å². The summed E-state index contributed by atoms with van der Waals surface area (Å²) < 4.78 is 5.13. The predicted octanol–water partition coefficient (Wildman–Crippen LogP) is 3.51. The van der Waals surface area contributed by atoms with Crippen LogP contribution in [0.1, 0.15) is 24.5 Å². The summed E-state index contributed by atoms with van der Waals surface area (Å²) in [5.74, 6) is 0.730. The van der Waals surface area contributed by atoms with Crippen LogP contribution in [0.5, 0.6) is 11.5 Å². The molecule has 0 spiro atoms. The molecule has 3 nitrogen and oxygen atoms in total. The van der Waals surface area contributed by atoms with Gasteiger partial charge in [0.2, 0.25) is 0 Å². The maximum atomic E-state index is 9.59. The lowest BCUT2D eigenvalue weighted by molar-refractivity contribution is 0.372. The summed E-state index contributed by atoms with van der Waals surface area (Å²) in [6.45, 7) is 3.08. The van der Waals surface area contributed by atoms with Gasteiger partial charge in [0.1, 0.15) is 0 Å². The number of methoxy groups -OCH3 is 1. The van der Waals surface area contributed by atoms with Crippen LogP contribution >= 0.6 is 0 Å². The molecule has 2 aromatic rings. The van der Waals surface area contributed by atoms with Crippen molar-refractivity contribution in [3.8, 4) is 11.5 Å². The Morgan fingerprint density at radius 2 is 1.86 bits per heavy atom. The molecule has 0 fully saturated rings. The van der Waals surface area contributed by atoms with E-state index in [1.54, 1.807) is 13.2 Å². The van der Waals surface area contributed by atoms with Gasteiger partial charge < -0.3 is 15.2 Å². The van der Waals surface area contributed by atoms with Crippen molar-refractivity contribution in [2.75, 3.05) is 7.11 Å². The molecule has 112 valence electrons. The first kappa shape index (κ1) is 15.4. The van der Waals surface area contributed by atoms with Crippen LogP contribution in [0.3, 0.4) is 0 Å². The van der Waals surface area contributed by atoms with Crippen molar-refractivity contribution in [2.45, 2.75) is 32.4 Å². The number of phenols is 1. The summed E-state index contributed by atoms with van der Waals surface area (Å²) in [6, 6.07) is 16.4. The maximum absolute atomic E-state index is 9.59. The Bertz CT molecular complexity index is 554. The van der Waals surface area contributed by atoms with E-state index in [9.17, 15) is 5.11 Å². The van der Waals surface area contributed by atoms with E-state index in [0.717, 1.165) is 19.4 Å². The standard InChI is InChI=1S/C18H23NO2/c1-14(19-13-16-6-4-3-5-7-16)8-9-15-10-11-17(20)18(12-15)21-2/h3-7,10-12,14,19-20H,8-9,13H2,1-2H3/t14-/m1/s1. The first-order valence-electron chi connectivity index (χ1n) is 7.32. The molecule has 0 radical (unpaired) electrons. The van der Waals surface area contributed by atoms with E-state index >= 15 is 0 Å². The second-order valence-corrected chi connectivity index (χ2v) is 5.31. The minimum absolute atomic E-state index is 0.191. The lowest BCUT2D eigenvalue weighted by Gasteiger charge is -2.14. The van der Waals surface area contributed by atoms with Gasteiger partial charge in [-0.25, -0.2) is 0 Å². The van der Waals surface area contributed by atoms with Gasteiger partial charge in [-0.05, 0) is 43.0 Å². The molecule has 0 aliphatic heterocycles. The normalized spacial score (nSPS) is 12.1. The number of ether oxygens (including phenoxy) is 1. The largest absolute Gasteiger partial charge is 0.504 e. The number of aryl methyl sites for hydroxylation is 1. The first-order valence-corrected chi connectivity index (χ1v) is 7.32. The smallest absolute Gasteiger partial charge is 0.160 e. The van der Waals surface area contributed by atoms with E-state index in [1.807, 2.05) is 18.2 Å². The van der Waals surface area contributed by atoms with Crippen LogP contribution < -0.4 is 10.1 Å². The zero-order chi connectivity index (χ0) is 15.1. The molecule has 21 heavy (non-hydrogen) atoms. The molecule has 2 rings (SSSR count). The van der Waals surface area contributed by atoms with E-state index in [2.05, 4.69) is 36.5 Å². The number of phenolic OH excluding ortho intramolecular Hbond substituents is 1. The molecule has 3 heteroatoms. The van der Waals surface area contributed by atoms with Crippen LogP contribution in [0.4, 0.5) is 0 Å². The molecule has 0 bridgehead atoms. The van der Waals surface area contributed by atoms with Gasteiger partial charge in [0.25, 0.3) is 0 Å². The number of rotatable bonds is 7. The third kappa shape index (κ3) is 4.80. The summed E-state index contributed by atoms with van der Waals surface area (Å²) in [4.78, 5) is 0. The maximum Gasteiger partial charge on any atom is 0.160 e. The highest BCUT2D eigenvalue weighted by molar-refractivity contribution is 5.41. The number of hydrogen-bond acceptors (Lipinski definition) is 3. The van der Waals surface area contributed by atoms with Crippen LogP contribution in [0.15, 0.2) is 48.5 Å². The highest BCUT2D eigenvalue weighted by Gasteiger charge is 2.05. The fourth-order valence-electron chi connectivity index (χ4n) is 2.25. The van der Waals surface area contributed by atoms with Crippen LogP contribution in [-0.4, -0.2) is 18.3 Å². The van der Waals surface area contributed by atoms with E-state index in [4.69, 9.17) is 4.74 Å². The number of aromatic hydroxyl groups is 1. The Morgan fingerprint density at radius 1 is 1.10 bits per heavy atom. The topological polar surface area (TPSA) is 41.5 Å². The van der Waals surface area contributed by atoms with Gasteiger partial charge in [0.05, 0.1) is 7.11 Å². The Morgan fingerprint density at radius 3 is 2.57 bits per heavy atom. The van der Waals surface area contributed by atoms with Crippen molar-refractivity contribution in [2.24, 2.45) is 0 Å². The lowest BCUT2D eigenvalue weighted by Crippen LogP contribution is -2.25. The summed E-state index contributed by atoms with van der Waals surface area (Å²) in [7, 11) is 1.57. The molecule has 0 aliphatic carbocycles. The molecule has 0 unspecified atom stereocenters. The quantitative estimate of drug-likeness (QED) is 0.818. The van der Waals surface area contributed by atoms with Gasteiger partial charge in [0.15, 0.2) is 11.5 Å². The minimum Gasteiger partial charge on any atom is -0.504 e. The van der Waals surface area contributed by atoms with Crippen LogP contribution in [0, 0.1) is 0 Å².